The van der Waals surface area contributed by atoms with Crippen molar-refractivity contribution in [2.24, 2.45) is 0 Å². The second kappa shape index (κ2) is 7.25. The zero-order valence-electron chi connectivity index (χ0n) is 14.7. The van der Waals surface area contributed by atoms with Crippen LogP contribution in [0.2, 0.25) is 0 Å². The first-order valence-electron chi connectivity index (χ1n) is 8.59. The molecule has 1 N–H and O–H groups in total. The number of hydrogen-bond donors (Lipinski definition) is 1. The number of para-hydroxylation sites is 1. The maximum Gasteiger partial charge on any atom is 0.335 e. The van der Waals surface area contributed by atoms with Gasteiger partial charge in [-0.1, -0.05) is 24.3 Å². The molecule has 0 fully saturated rings. The lowest BCUT2D eigenvalue weighted by atomic mass is 10.2. The predicted octanol–water partition coefficient (Wildman–Crippen LogP) is 4.17. The van der Waals surface area contributed by atoms with E-state index in [1.807, 2.05) is 41.0 Å². The van der Waals surface area contributed by atoms with Crippen molar-refractivity contribution in [3.05, 3.63) is 89.7 Å². The predicted molar refractivity (Wildman–Crippen MR) is 104 cm³/mol. The number of fused-ring (bicyclic) bond motifs is 1. The Kier molecular flexibility index (Phi) is 4.48. The van der Waals surface area contributed by atoms with Gasteiger partial charge in [0.05, 0.1) is 28.2 Å². The highest BCUT2D eigenvalue weighted by Gasteiger charge is 2.15. The van der Waals surface area contributed by atoms with Crippen LogP contribution in [-0.4, -0.2) is 20.6 Å². The summed E-state index contributed by atoms with van der Waals surface area (Å²) in [5, 5.41) is 18.5. The van der Waals surface area contributed by atoms with Gasteiger partial charge in [0.2, 0.25) is 0 Å². The first kappa shape index (κ1) is 17.3. The van der Waals surface area contributed by atoms with Crippen molar-refractivity contribution in [2.45, 2.75) is 6.61 Å². The van der Waals surface area contributed by atoms with Crippen LogP contribution in [-0.2, 0) is 6.61 Å². The van der Waals surface area contributed by atoms with Gasteiger partial charge >= 0.3 is 5.97 Å². The van der Waals surface area contributed by atoms with E-state index in [0.717, 1.165) is 5.52 Å². The fourth-order valence-electron chi connectivity index (χ4n) is 3.03. The molecular formula is C22H15N3O3. The van der Waals surface area contributed by atoms with Crippen LogP contribution in [0.4, 0.5) is 0 Å². The third kappa shape index (κ3) is 3.29. The largest absolute Gasteiger partial charge is 0.486 e. The summed E-state index contributed by atoms with van der Waals surface area (Å²) >= 11 is 0. The zero-order valence-corrected chi connectivity index (χ0v) is 14.7. The van der Waals surface area contributed by atoms with Gasteiger partial charge in [0, 0.05) is 5.69 Å². The number of carboxylic acids is 1. The number of ether oxygens (including phenoxy) is 1. The molecule has 4 rings (SSSR count). The Balaban J connectivity index is 1.83. The minimum atomic E-state index is -1.000. The average Bonchev–Trinajstić information content (AvgIpc) is 3.10. The summed E-state index contributed by atoms with van der Waals surface area (Å²) in [7, 11) is 0. The number of rotatable bonds is 5. The second-order valence-corrected chi connectivity index (χ2v) is 6.14. The van der Waals surface area contributed by atoms with Crippen molar-refractivity contribution in [1.29, 1.82) is 5.26 Å². The maximum absolute atomic E-state index is 11.4. The van der Waals surface area contributed by atoms with Gasteiger partial charge in [-0.3, -0.25) is 4.57 Å². The van der Waals surface area contributed by atoms with Crippen molar-refractivity contribution in [2.75, 3.05) is 0 Å². The van der Waals surface area contributed by atoms with Gasteiger partial charge < -0.3 is 9.84 Å². The Morgan fingerprint density at radius 2 is 1.89 bits per heavy atom. The number of nitrogens with zero attached hydrogens (tertiary/aromatic N) is 3. The number of aromatic carboxylic acids is 1. The second-order valence-electron chi connectivity index (χ2n) is 6.14. The fraction of sp³-hybridized carbons (Fsp3) is 0.0455. The normalized spacial score (nSPS) is 10.5. The summed E-state index contributed by atoms with van der Waals surface area (Å²) in [6.45, 7) is 0.192. The molecule has 0 saturated heterocycles. The van der Waals surface area contributed by atoms with Gasteiger partial charge in [-0.2, -0.15) is 5.26 Å². The van der Waals surface area contributed by atoms with Crippen molar-refractivity contribution in [1.82, 2.24) is 9.55 Å². The Morgan fingerprint density at radius 3 is 2.64 bits per heavy atom. The molecule has 3 aromatic carbocycles. The van der Waals surface area contributed by atoms with E-state index in [9.17, 15) is 9.90 Å². The monoisotopic (exact) mass is 369 g/mol. The topological polar surface area (TPSA) is 88.1 Å². The van der Waals surface area contributed by atoms with E-state index >= 15 is 0 Å². The maximum atomic E-state index is 11.4. The molecule has 4 aromatic rings. The Bertz CT molecular complexity index is 1210. The summed E-state index contributed by atoms with van der Waals surface area (Å²) in [4.78, 5) is 16.0. The number of nitriles is 1. The van der Waals surface area contributed by atoms with Gasteiger partial charge in [0.25, 0.3) is 0 Å². The molecule has 0 unspecified atom stereocenters. The van der Waals surface area contributed by atoms with E-state index in [-0.39, 0.29) is 12.2 Å². The van der Waals surface area contributed by atoms with Crippen molar-refractivity contribution in [3.8, 4) is 17.5 Å². The van der Waals surface area contributed by atoms with Gasteiger partial charge in [-0.05, 0) is 48.5 Å². The summed E-state index contributed by atoms with van der Waals surface area (Å²) in [6.07, 6.45) is 0. The molecule has 0 atom stereocenters. The Hall–Kier alpha value is -4.11. The van der Waals surface area contributed by atoms with Crippen LogP contribution in [0.15, 0.2) is 72.8 Å². The first-order valence-corrected chi connectivity index (χ1v) is 8.59. The van der Waals surface area contributed by atoms with E-state index in [4.69, 9.17) is 10.00 Å². The smallest absolute Gasteiger partial charge is 0.335 e. The number of aromatic nitrogens is 2. The third-order valence-electron chi connectivity index (χ3n) is 4.32. The molecule has 136 valence electrons. The highest BCUT2D eigenvalue weighted by Crippen LogP contribution is 2.24. The van der Waals surface area contributed by atoms with Crippen molar-refractivity contribution >= 4 is 17.0 Å². The summed E-state index contributed by atoms with van der Waals surface area (Å²) < 4.78 is 7.71. The molecule has 6 heteroatoms. The van der Waals surface area contributed by atoms with Crippen LogP contribution < -0.4 is 4.74 Å². The molecule has 0 radical (unpaired) electrons. The van der Waals surface area contributed by atoms with Crippen molar-refractivity contribution in [3.63, 3.8) is 0 Å². The zero-order chi connectivity index (χ0) is 19.5. The molecule has 0 amide bonds. The number of imidazole rings is 1. The van der Waals surface area contributed by atoms with Gasteiger partial charge in [-0.25, -0.2) is 9.78 Å². The fourth-order valence-corrected chi connectivity index (χ4v) is 3.03. The molecule has 1 aromatic heterocycles. The number of hydrogen-bond acceptors (Lipinski definition) is 4. The van der Waals surface area contributed by atoms with E-state index in [2.05, 4.69) is 11.1 Å². The molecule has 0 saturated carbocycles. The lowest BCUT2D eigenvalue weighted by Gasteiger charge is -2.11. The van der Waals surface area contributed by atoms with Crippen molar-refractivity contribution < 1.29 is 14.6 Å². The lowest BCUT2D eigenvalue weighted by molar-refractivity contribution is 0.0697. The van der Waals surface area contributed by atoms with Crippen LogP contribution in [0.3, 0.4) is 0 Å². The SMILES string of the molecule is N#Cc1ccc2c(c1)nc(COc1ccccc1)n2-c1cccc(C(=O)O)c1. The van der Waals surface area contributed by atoms with E-state index < -0.39 is 5.97 Å². The van der Waals surface area contributed by atoms with Crippen LogP contribution >= 0.6 is 0 Å². The number of carbonyl (C=O) groups is 1. The lowest BCUT2D eigenvalue weighted by Crippen LogP contribution is -2.07. The molecule has 0 bridgehead atoms. The quantitative estimate of drug-likeness (QED) is 0.570. The van der Waals surface area contributed by atoms with Crippen LogP contribution in [0.25, 0.3) is 16.7 Å². The molecular weight excluding hydrogens is 354 g/mol. The number of benzene rings is 3. The Morgan fingerprint density at radius 1 is 1.07 bits per heavy atom. The minimum Gasteiger partial charge on any atom is -0.486 e. The van der Waals surface area contributed by atoms with Gasteiger partial charge in [-0.15, -0.1) is 0 Å². The van der Waals surface area contributed by atoms with Gasteiger partial charge in [0.1, 0.15) is 12.4 Å². The van der Waals surface area contributed by atoms with Crippen LogP contribution in [0, 0.1) is 11.3 Å². The minimum absolute atomic E-state index is 0.183. The van der Waals surface area contributed by atoms with E-state index in [1.54, 1.807) is 36.4 Å². The highest BCUT2D eigenvalue weighted by atomic mass is 16.5. The van der Waals surface area contributed by atoms with E-state index in [1.165, 1.54) is 0 Å². The number of carboxylic acid groups (broad SMARTS) is 1. The molecule has 0 aliphatic heterocycles. The first-order chi connectivity index (χ1) is 13.7. The van der Waals surface area contributed by atoms with Gasteiger partial charge in [0.15, 0.2) is 5.82 Å². The summed E-state index contributed by atoms with van der Waals surface area (Å²) in [6, 6.07) is 23.4. The summed E-state index contributed by atoms with van der Waals surface area (Å²) in [5.41, 5.74) is 2.77. The molecule has 28 heavy (non-hydrogen) atoms. The summed E-state index contributed by atoms with van der Waals surface area (Å²) in [5.74, 6) is 0.315. The standard InChI is InChI=1S/C22H15N3O3/c23-13-15-9-10-20-19(11-15)24-21(14-28-18-7-2-1-3-8-18)25(20)17-6-4-5-16(12-17)22(26)27/h1-12H,14H2,(H,26,27). The molecule has 0 aliphatic rings. The highest BCUT2D eigenvalue weighted by molar-refractivity contribution is 5.88. The molecule has 0 aliphatic carbocycles. The average molecular weight is 369 g/mol. The molecule has 0 spiro atoms. The Labute approximate surface area is 160 Å². The van der Waals surface area contributed by atoms with Crippen LogP contribution in [0.5, 0.6) is 5.75 Å². The van der Waals surface area contributed by atoms with E-state index in [0.29, 0.717) is 28.3 Å². The van der Waals surface area contributed by atoms with Crippen LogP contribution in [0.1, 0.15) is 21.7 Å². The molecule has 6 nitrogen and oxygen atoms in total. The third-order valence-corrected chi connectivity index (χ3v) is 4.32. The molecule has 1 heterocycles.